The van der Waals surface area contributed by atoms with Crippen LogP contribution in [0.25, 0.3) is 6.08 Å². The van der Waals surface area contributed by atoms with Crippen molar-refractivity contribution in [3.05, 3.63) is 77.6 Å². The first-order valence-electron chi connectivity index (χ1n) is 7.88. The molecule has 1 unspecified atom stereocenters. The molecule has 5 heteroatoms. The molecule has 1 N–H and O–H groups in total. The highest BCUT2D eigenvalue weighted by Gasteiger charge is 2.39. The van der Waals surface area contributed by atoms with Crippen LogP contribution < -0.4 is 14.8 Å². The van der Waals surface area contributed by atoms with Crippen LogP contribution in [0.2, 0.25) is 0 Å². The Labute approximate surface area is 144 Å². The molecule has 5 nitrogen and oxygen atoms in total. The molecule has 1 atom stereocenters. The minimum absolute atomic E-state index is 0.353. The Balaban J connectivity index is 1.58. The Kier molecular flexibility index (Phi) is 3.61. The Morgan fingerprint density at radius 2 is 1.88 bits per heavy atom. The van der Waals surface area contributed by atoms with Gasteiger partial charge in [-0.25, -0.2) is 0 Å². The normalized spacial score (nSPS) is 17.4. The van der Waals surface area contributed by atoms with Crippen LogP contribution in [0.15, 0.2) is 60.9 Å². The second-order valence-corrected chi connectivity index (χ2v) is 5.89. The van der Waals surface area contributed by atoms with Gasteiger partial charge in [-0.2, -0.15) is 0 Å². The summed E-state index contributed by atoms with van der Waals surface area (Å²) in [6, 6.07) is 12.9. The minimum atomic E-state index is -0.970. The molecule has 2 heterocycles. The zero-order valence-electron chi connectivity index (χ0n) is 13.3. The summed E-state index contributed by atoms with van der Waals surface area (Å²) in [4.78, 5) is 24.7. The monoisotopic (exact) mass is 333 g/mol. The molecule has 0 saturated carbocycles. The molecule has 2 aliphatic heterocycles. The van der Waals surface area contributed by atoms with Gasteiger partial charge in [0.15, 0.2) is 5.92 Å². The summed E-state index contributed by atoms with van der Waals surface area (Å²) in [6.45, 7) is 4.09. The van der Waals surface area contributed by atoms with E-state index in [-0.39, 0.29) is 5.91 Å². The predicted molar refractivity (Wildman–Crippen MR) is 91.9 cm³/mol. The van der Waals surface area contributed by atoms with Crippen LogP contribution >= 0.6 is 0 Å². The Bertz CT molecular complexity index is 915. The number of carbonyl (C=O) groups is 2. The molecule has 2 aromatic carbocycles. The van der Waals surface area contributed by atoms with Crippen molar-refractivity contribution in [3.8, 4) is 11.5 Å². The summed E-state index contributed by atoms with van der Waals surface area (Å²) < 4.78 is 10.8. The molecule has 25 heavy (non-hydrogen) atoms. The largest absolute Gasteiger partial charge is 0.457 e. The van der Waals surface area contributed by atoms with Gasteiger partial charge >= 0.3 is 5.97 Å². The predicted octanol–water partition coefficient (Wildman–Crippen LogP) is 2.92. The van der Waals surface area contributed by atoms with Crippen LogP contribution in [0.1, 0.15) is 22.6 Å². The van der Waals surface area contributed by atoms with Crippen molar-refractivity contribution in [1.29, 1.82) is 0 Å². The molecule has 124 valence electrons. The molecule has 2 aromatic rings. The highest BCUT2D eigenvalue weighted by atomic mass is 16.5. The molecule has 0 spiro atoms. The number of nitrogens with one attached hydrogen (secondary N) is 1. The second kappa shape index (κ2) is 5.94. The van der Waals surface area contributed by atoms with Gasteiger partial charge in [0.1, 0.15) is 17.3 Å². The van der Waals surface area contributed by atoms with E-state index < -0.39 is 11.9 Å². The third-order valence-corrected chi connectivity index (χ3v) is 4.16. The lowest BCUT2D eigenvalue weighted by atomic mass is 9.96. The van der Waals surface area contributed by atoms with Crippen molar-refractivity contribution in [1.82, 2.24) is 5.32 Å². The summed E-state index contributed by atoms with van der Waals surface area (Å²) >= 11 is 0. The number of rotatable bonds is 3. The second-order valence-electron chi connectivity index (χ2n) is 5.89. The van der Waals surface area contributed by atoms with Crippen molar-refractivity contribution in [2.75, 3.05) is 0 Å². The van der Waals surface area contributed by atoms with Gasteiger partial charge in [0, 0.05) is 23.7 Å². The third kappa shape index (κ3) is 2.80. The number of ether oxygens (including phenoxy) is 2. The number of hydrogen-bond acceptors (Lipinski definition) is 4. The van der Waals surface area contributed by atoms with Crippen LogP contribution in [-0.4, -0.2) is 11.9 Å². The molecule has 0 aliphatic carbocycles. The fourth-order valence-corrected chi connectivity index (χ4v) is 2.92. The van der Waals surface area contributed by atoms with Gasteiger partial charge in [0.25, 0.3) is 0 Å². The van der Waals surface area contributed by atoms with Crippen LogP contribution in [0, 0.1) is 0 Å². The molecule has 0 radical (unpaired) electrons. The first-order valence-corrected chi connectivity index (χ1v) is 7.88. The molecular formula is C20H15NO4. The number of benzene rings is 2. The summed E-state index contributed by atoms with van der Waals surface area (Å²) in [5.41, 5.74) is 2.29. The number of fused-ring (bicyclic) bond motifs is 2. The van der Waals surface area contributed by atoms with Crippen molar-refractivity contribution in [3.63, 3.8) is 0 Å². The number of esters is 1. The first-order chi connectivity index (χ1) is 12.1. The van der Waals surface area contributed by atoms with E-state index in [9.17, 15) is 9.59 Å². The van der Waals surface area contributed by atoms with Gasteiger partial charge in [-0.1, -0.05) is 36.9 Å². The van der Waals surface area contributed by atoms with Crippen molar-refractivity contribution in [2.45, 2.75) is 12.5 Å². The van der Waals surface area contributed by atoms with Gasteiger partial charge in [0.2, 0.25) is 5.91 Å². The summed E-state index contributed by atoms with van der Waals surface area (Å²) in [6.07, 6.45) is 3.57. The number of carbonyl (C=O) groups excluding carboxylic acids is 2. The molecule has 2 aliphatic rings. The fraction of sp³-hybridized carbons (Fsp3) is 0.100. The minimum Gasteiger partial charge on any atom is -0.457 e. The topological polar surface area (TPSA) is 64.6 Å². The first kappa shape index (κ1) is 15.2. The lowest BCUT2D eigenvalue weighted by molar-refractivity contribution is -0.138. The van der Waals surface area contributed by atoms with E-state index in [2.05, 4.69) is 11.9 Å². The molecule has 4 rings (SSSR count). The average molecular weight is 333 g/mol. The molecule has 1 amide bonds. The molecule has 0 bridgehead atoms. The zero-order valence-corrected chi connectivity index (χ0v) is 13.3. The van der Waals surface area contributed by atoms with E-state index in [0.29, 0.717) is 29.4 Å². The highest BCUT2D eigenvalue weighted by molar-refractivity contribution is 6.07. The maximum atomic E-state index is 12.5. The smallest absolute Gasteiger partial charge is 0.328 e. The Hall–Kier alpha value is -3.34. The third-order valence-electron chi connectivity index (χ3n) is 4.16. The van der Waals surface area contributed by atoms with Gasteiger partial charge in [-0.3, -0.25) is 9.59 Å². The van der Waals surface area contributed by atoms with Gasteiger partial charge in [-0.15, -0.1) is 0 Å². The summed E-state index contributed by atoms with van der Waals surface area (Å²) in [7, 11) is 0. The van der Waals surface area contributed by atoms with Crippen LogP contribution in [0.5, 0.6) is 11.5 Å². The molecule has 0 aromatic heterocycles. The molecule has 0 saturated heterocycles. The number of amides is 1. The zero-order chi connectivity index (χ0) is 17.4. The summed E-state index contributed by atoms with van der Waals surface area (Å²) in [5.74, 6) is -0.504. The summed E-state index contributed by atoms with van der Waals surface area (Å²) in [5, 5.41) is 2.80. The van der Waals surface area contributed by atoms with Gasteiger partial charge in [-0.05, 0) is 23.8 Å². The standard InChI is InChI=1S/C20H15NO4/c1-12-7-8-14-9-15-17(10-16(14)24-12)25-20(23)18(15)19(22)21-11-13-5-3-2-4-6-13/h2-10,18H,1,11H2,(H,21,22). The van der Waals surface area contributed by atoms with E-state index in [1.54, 1.807) is 18.2 Å². The van der Waals surface area contributed by atoms with Gasteiger partial charge < -0.3 is 14.8 Å². The van der Waals surface area contributed by atoms with E-state index >= 15 is 0 Å². The lowest BCUT2D eigenvalue weighted by Crippen LogP contribution is -2.32. The van der Waals surface area contributed by atoms with E-state index in [1.807, 2.05) is 36.4 Å². The number of hydrogen-bond donors (Lipinski definition) is 1. The van der Waals surface area contributed by atoms with E-state index in [1.165, 1.54) is 0 Å². The maximum absolute atomic E-state index is 12.5. The molecule has 0 fully saturated rings. The van der Waals surface area contributed by atoms with Crippen LogP contribution in [-0.2, 0) is 16.1 Å². The highest BCUT2D eigenvalue weighted by Crippen LogP contribution is 2.41. The van der Waals surface area contributed by atoms with Crippen LogP contribution in [0.3, 0.4) is 0 Å². The van der Waals surface area contributed by atoms with Crippen molar-refractivity contribution >= 4 is 18.0 Å². The average Bonchev–Trinajstić information content (AvgIpc) is 2.93. The van der Waals surface area contributed by atoms with Gasteiger partial charge in [0.05, 0.1) is 0 Å². The molecular weight excluding hydrogens is 318 g/mol. The van der Waals surface area contributed by atoms with Crippen molar-refractivity contribution < 1.29 is 19.1 Å². The van der Waals surface area contributed by atoms with E-state index in [0.717, 1.165) is 11.1 Å². The quantitative estimate of drug-likeness (QED) is 0.533. The fourth-order valence-electron chi connectivity index (χ4n) is 2.92. The van der Waals surface area contributed by atoms with Crippen molar-refractivity contribution in [2.24, 2.45) is 0 Å². The van der Waals surface area contributed by atoms with E-state index in [4.69, 9.17) is 9.47 Å². The maximum Gasteiger partial charge on any atom is 0.328 e. The number of allylic oxidation sites excluding steroid dienone is 1. The SMILES string of the molecule is C=C1C=Cc2cc3c(cc2O1)OC(=O)C3C(=O)NCc1ccccc1. The Morgan fingerprint density at radius 3 is 2.68 bits per heavy atom. The Morgan fingerprint density at radius 1 is 1.08 bits per heavy atom. The lowest BCUT2D eigenvalue weighted by Gasteiger charge is -2.15. The van der Waals surface area contributed by atoms with Crippen LogP contribution in [0.4, 0.5) is 0 Å².